The molecule has 1 N–H and O–H groups in total. The highest BCUT2D eigenvalue weighted by molar-refractivity contribution is 5.94. The Bertz CT molecular complexity index is 1010. The van der Waals surface area contributed by atoms with Gasteiger partial charge in [0.25, 0.3) is 5.91 Å². The van der Waals surface area contributed by atoms with Gasteiger partial charge in [0.1, 0.15) is 11.3 Å². The third-order valence-corrected chi connectivity index (χ3v) is 4.58. The molecule has 0 radical (unpaired) electrons. The van der Waals surface area contributed by atoms with Gasteiger partial charge in [0, 0.05) is 0 Å². The predicted octanol–water partition coefficient (Wildman–Crippen LogP) is 4.19. The molecule has 1 amide bonds. The van der Waals surface area contributed by atoms with Gasteiger partial charge in [0.15, 0.2) is 6.61 Å². The Balaban J connectivity index is 1.64. The van der Waals surface area contributed by atoms with Crippen molar-refractivity contribution in [2.75, 3.05) is 13.7 Å². The van der Waals surface area contributed by atoms with Crippen molar-refractivity contribution in [3.63, 3.8) is 0 Å². The van der Waals surface area contributed by atoms with E-state index in [0.717, 1.165) is 21.9 Å². The number of hydrogen-bond acceptors (Lipinski definition) is 4. The second kappa shape index (κ2) is 8.57. The van der Waals surface area contributed by atoms with E-state index in [1.807, 2.05) is 62.4 Å². The molecule has 5 nitrogen and oxygen atoms in total. The summed E-state index contributed by atoms with van der Waals surface area (Å²) in [4.78, 5) is 24.6. The van der Waals surface area contributed by atoms with Gasteiger partial charge >= 0.3 is 5.97 Å². The van der Waals surface area contributed by atoms with Crippen LogP contribution in [0.1, 0.15) is 34.5 Å². The topological polar surface area (TPSA) is 64.6 Å². The third-order valence-electron chi connectivity index (χ3n) is 4.58. The Kier molecular flexibility index (Phi) is 5.94. The van der Waals surface area contributed by atoms with Crippen molar-refractivity contribution in [2.24, 2.45) is 0 Å². The Labute approximate surface area is 164 Å². The van der Waals surface area contributed by atoms with Crippen LogP contribution in [0.15, 0.2) is 60.7 Å². The molecule has 0 bridgehead atoms. The molecular weight excluding hydrogens is 354 g/mol. The van der Waals surface area contributed by atoms with E-state index in [1.165, 1.54) is 7.11 Å². The number of carbonyl (C=O) groups is 2. The van der Waals surface area contributed by atoms with Crippen molar-refractivity contribution in [3.8, 4) is 5.75 Å². The summed E-state index contributed by atoms with van der Waals surface area (Å²) in [5.41, 5.74) is 2.22. The number of nitrogens with one attached hydrogen (secondary N) is 1. The van der Waals surface area contributed by atoms with Crippen molar-refractivity contribution in [2.45, 2.75) is 19.9 Å². The van der Waals surface area contributed by atoms with E-state index in [4.69, 9.17) is 9.47 Å². The number of benzene rings is 3. The van der Waals surface area contributed by atoms with Crippen LogP contribution in [0.4, 0.5) is 0 Å². The molecule has 0 saturated heterocycles. The molecule has 28 heavy (non-hydrogen) atoms. The number of methoxy groups -OCH3 is 1. The van der Waals surface area contributed by atoms with Crippen molar-refractivity contribution >= 4 is 22.6 Å². The van der Waals surface area contributed by atoms with Crippen molar-refractivity contribution < 1.29 is 19.1 Å². The van der Waals surface area contributed by atoms with Crippen LogP contribution >= 0.6 is 0 Å². The van der Waals surface area contributed by atoms with Crippen molar-refractivity contribution in [1.82, 2.24) is 5.32 Å². The van der Waals surface area contributed by atoms with Gasteiger partial charge < -0.3 is 14.8 Å². The molecule has 3 aromatic carbocycles. The summed E-state index contributed by atoms with van der Waals surface area (Å²) in [5, 5.41) is 5.08. The SMILES string of the molecule is COc1ccc(C)cc1C(=O)OCC(=O)N[C@H](C)c1cccc2ccccc12. The number of carbonyl (C=O) groups excluding carboxylic acids is 2. The summed E-state index contributed by atoms with van der Waals surface area (Å²) in [5.74, 6) is -0.533. The smallest absolute Gasteiger partial charge is 0.342 e. The molecule has 0 saturated carbocycles. The van der Waals surface area contributed by atoms with Gasteiger partial charge in [-0.15, -0.1) is 0 Å². The maximum atomic E-state index is 12.3. The first-order valence-corrected chi connectivity index (χ1v) is 9.08. The fraction of sp³-hybridized carbons (Fsp3) is 0.217. The number of ether oxygens (including phenoxy) is 2. The largest absolute Gasteiger partial charge is 0.496 e. The molecule has 0 aliphatic heterocycles. The fourth-order valence-electron chi connectivity index (χ4n) is 3.18. The van der Waals surface area contributed by atoms with Gasteiger partial charge in [-0.3, -0.25) is 4.79 Å². The number of rotatable bonds is 6. The van der Waals surface area contributed by atoms with Crippen LogP contribution in [0.5, 0.6) is 5.75 Å². The molecule has 0 spiro atoms. The number of hydrogen-bond donors (Lipinski definition) is 1. The van der Waals surface area contributed by atoms with Crippen molar-refractivity contribution in [1.29, 1.82) is 0 Å². The van der Waals surface area contributed by atoms with Crippen LogP contribution in [-0.4, -0.2) is 25.6 Å². The van der Waals surface area contributed by atoms with E-state index < -0.39 is 5.97 Å². The standard InChI is InChI=1S/C23H23NO4/c1-15-11-12-21(27-3)20(13-15)23(26)28-14-22(25)24-16(2)18-10-6-8-17-7-4-5-9-19(17)18/h4-13,16H,14H2,1-3H3,(H,24,25)/t16-/m1/s1. The predicted molar refractivity (Wildman–Crippen MR) is 109 cm³/mol. The van der Waals surface area contributed by atoms with E-state index in [-0.39, 0.29) is 18.6 Å². The van der Waals surface area contributed by atoms with Crippen LogP contribution < -0.4 is 10.1 Å². The minimum absolute atomic E-state index is 0.217. The van der Waals surface area contributed by atoms with E-state index in [1.54, 1.807) is 12.1 Å². The van der Waals surface area contributed by atoms with Gasteiger partial charge in [-0.1, -0.05) is 54.1 Å². The lowest BCUT2D eigenvalue weighted by atomic mass is 10.00. The summed E-state index contributed by atoms with van der Waals surface area (Å²) in [6, 6.07) is 19.0. The number of esters is 1. The minimum Gasteiger partial charge on any atom is -0.496 e. The first kappa shape index (κ1) is 19.4. The molecule has 0 aliphatic rings. The first-order valence-electron chi connectivity index (χ1n) is 9.08. The first-order chi connectivity index (χ1) is 13.5. The molecule has 5 heteroatoms. The molecule has 0 aromatic heterocycles. The number of aryl methyl sites for hydroxylation is 1. The highest BCUT2D eigenvalue weighted by Crippen LogP contribution is 2.24. The average molecular weight is 377 g/mol. The Hall–Kier alpha value is -3.34. The van der Waals surface area contributed by atoms with Crippen LogP contribution in [-0.2, 0) is 9.53 Å². The van der Waals surface area contributed by atoms with E-state index in [2.05, 4.69) is 5.32 Å². The fourth-order valence-corrected chi connectivity index (χ4v) is 3.18. The van der Waals surface area contributed by atoms with E-state index in [9.17, 15) is 9.59 Å². The number of amides is 1. The number of fused-ring (bicyclic) bond motifs is 1. The molecule has 0 aliphatic carbocycles. The lowest BCUT2D eigenvalue weighted by Gasteiger charge is -2.17. The highest BCUT2D eigenvalue weighted by Gasteiger charge is 2.17. The summed E-state index contributed by atoms with van der Waals surface area (Å²) in [7, 11) is 1.49. The normalized spacial score (nSPS) is 11.7. The lowest BCUT2D eigenvalue weighted by molar-refractivity contribution is -0.124. The molecule has 0 unspecified atom stereocenters. The zero-order chi connectivity index (χ0) is 20.1. The zero-order valence-electron chi connectivity index (χ0n) is 16.2. The minimum atomic E-state index is -0.589. The third kappa shape index (κ3) is 4.31. The maximum absolute atomic E-state index is 12.3. The van der Waals surface area contributed by atoms with Crippen LogP contribution in [0.3, 0.4) is 0 Å². The van der Waals surface area contributed by atoms with Gasteiger partial charge in [-0.25, -0.2) is 4.79 Å². The summed E-state index contributed by atoms with van der Waals surface area (Å²) >= 11 is 0. The Morgan fingerprint density at radius 2 is 1.79 bits per heavy atom. The van der Waals surface area contributed by atoms with Crippen molar-refractivity contribution in [3.05, 3.63) is 77.4 Å². The van der Waals surface area contributed by atoms with Crippen LogP contribution in [0.2, 0.25) is 0 Å². The van der Waals surface area contributed by atoms with Gasteiger partial charge in [-0.05, 0) is 42.3 Å². The van der Waals surface area contributed by atoms with Crippen LogP contribution in [0, 0.1) is 6.92 Å². The van der Waals surface area contributed by atoms with Crippen LogP contribution in [0.25, 0.3) is 10.8 Å². The van der Waals surface area contributed by atoms with Gasteiger partial charge in [0.2, 0.25) is 0 Å². The average Bonchev–Trinajstić information content (AvgIpc) is 2.71. The summed E-state index contributed by atoms with van der Waals surface area (Å²) < 4.78 is 10.4. The zero-order valence-corrected chi connectivity index (χ0v) is 16.2. The highest BCUT2D eigenvalue weighted by atomic mass is 16.5. The lowest BCUT2D eigenvalue weighted by Crippen LogP contribution is -2.31. The van der Waals surface area contributed by atoms with E-state index >= 15 is 0 Å². The molecule has 0 heterocycles. The van der Waals surface area contributed by atoms with E-state index in [0.29, 0.717) is 11.3 Å². The quantitative estimate of drug-likeness (QED) is 0.654. The molecule has 0 fully saturated rings. The molecule has 3 rings (SSSR count). The molecule has 1 atom stereocenters. The molecule has 144 valence electrons. The van der Waals surface area contributed by atoms with Gasteiger partial charge in [0.05, 0.1) is 13.2 Å². The van der Waals surface area contributed by atoms with Gasteiger partial charge in [-0.2, -0.15) is 0 Å². The summed E-state index contributed by atoms with van der Waals surface area (Å²) in [6.07, 6.45) is 0. The molecule has 3 aromatic rings. The Morgan fingerprint density at radius 3 is 2.57 bits per heavy atom. The Morgan fingerprint density at radius 1 is 1.04 bits per heavy atom. The second-order valence-corrected chi connectivity index (χ2v) is 6.64. The molecular formula is C23H23NO4. The maximum Gasteiger partial charge on any atom is 0.342 e. The summed E-state index contributed by atoms with van der Waals surface area (Å²) in [6.45, 7) is 3.42. The monoisotopic (exact) mass is 377 g/mol. The second-order valence-electron chi connectivity index (χ2n) is 6.64.